The first-order valence-electron chi connectivity index (χ1n) is 7.71. The lowest BCUT2D eigenvalue weighted by atomic mass is 9.89. The highest BCUT2D eigenvalue weighted by Crippen LogP contribution is 2.25. The summed E-state index contributed by atoms with van der Waals surface area (Å²) in [6.07, 6.45) is 3.13. The summed E-state index contributed by atoms with van der Waals surface area (Å²) in [6, 6.07) is -0.377. The summed E-state index contributed by atoms with van der Waals surface area (Å²) in [5, 5.41) is 2.87. The second kappa shape index (κ2) is 7.62. The van der Waals surface area contributed by atoms with Gasteiger partial charge in [-0.05, 0) is 26.2 Å². The van der Waals surface area contributed by atoms with Gasteiger partial charge >= 0.3 is 0 Å². The van der Waals surface area contributed by atoms with Gasteiger partial charge in [0.25, 0.3) is 0 Å². The number of ether oxygens (including phenoxy) is 1. The monoisotopic (exact) mass is 284 g/mol. The third-order valence-electron chi connectivity index (χ3n) is 4.03. The number of carbonyl (C=O) groups is 2. The van der Waals surface area contributed by atoms with Crippen molar-refractivity contribution >= 4 is 11.8 Å². The van der Waals surface area contributed by atoms with Crippen molar-refractivity contribution in [2.45, 2.75) is 65.0 Å². The van der Waals surface area contributed by atoms with Gasteiger partial charge in [-0.2, -0.15) is 0 Å². The molecule has 1 N–H and O–H groups in total. The second-order valence-corrected chi connectivity index (χ2v) is 5.54. The molecule has 2 atom stereocenters. The first-order chi connectivity index (χ1) is 9.51. The van der Waals surface area contributed by atoms with Crippen LogP contribution in [0.5, 0.6) is 0 Å². The van der Waals surface area contributed by atoms with Crippen molar-refractivity contribution < 1.29 is 14.3 Å². The lowest BCUT2D eigenvalue weighted by molar-refractivity contribution is -0.157. The highest BCUT2D eigenvalue weighted by atomic mass is 16.5. The number of amides is 2. The molecule has 1 fully saturated rings. The van der Waals surface area contributed by atoms with E-state index in [1.807, 2.05) is 27.7 Å². The van der Waals surface area contributed by atoms with Crippen molar-refractivity contribution in [1.82, 2.24) is 10.2 Å². The van der Waals surface area contributed by atoms with Gasteiger partial charge in [-0.15, -0.1) is 0 Å². The molecule has 0 saturated carbocycles. The van der Waals surface area contributed by atoms with E-state index in [0.29, 0.717) is 32.6 Å². The number of nitrogens with zero attached hydrogens (tertiary/aromatic N) is 1. The molecule has 0 aromatic rings. The Hall–Kier alpha value is -1.10. The lowest BCUT2D eigenvalue weighted by Crippen LogP contribution is -2.69. The smallest absolute Gasteiger partial charge is 0.246 e. The molecule has 1 aliphatic heterocycles. The first-order valence-corrected chi connectivity index (χ1v) is 7.71. The van der Waals surface area contributed by atoms with Crippen LogP contribution in [-0.4, -0.2) is 48.1 Å². The number of nitrogens with one attached hydrogen (secondary N) is 1. The minimum Gasteiger partial charge on any atom is -0.380 e. The molecule has 5 nitrogen and oxygen atoms in total. The molecule has 0 spiro atoms. The summed E-state index contributed by atoms with van der Waals surface area (Å²) in [7, 11) is 0. The minimum absolute atomic E-state index is 0.0240. The summed E-state index contributed by atoms with van der Waals surface area (Å²) in [5.41, 5.74) is -0.753. The Morgan fingerprint density at radius 2 is 1.90 bits per heavy atom. The molecule has 1 rings (SSSR count). The number of piperazine rings is 1. The third-order valence-corrected chi connectivity index (χ3v) is 4.03. The fourth-order valence-electron chi connectivity index (χ4n) is 2.52. The highest BCUT2D eigenvalue weighted by molar-refractivity contribution is 5.99. The first kappa shape index (κ1) is 17.0. The molecule has 2 unspecified atom stereocenters. The van der Waals surface area contributed by atoms with Crippen LogP contribution in [-0.2, 0) is 14.3 Å². The van der Waals surface area contributed by atoms with Crippen LogP contribution in [0.2, 0.25) is 0 Å². The number of rotatable bonds is 8. The Labute approximate surface area is 122 Å². The Balaban J connectivity index is 2.79. The van der Waals surface area contributed by atoms with Gasteiger partial charge in [0.05, 0.1) is 6.61 Å². The summed E-state index contributed by atoms with van der Waals surface area (Å²) >= 11 is 0. The Morgan fingerprint density at radius 1 is 1.20 bits per heavy atom. The number of hydrogen-bond donors (Lipinski definition) is 1. The van der Waals surface area contributed by atoms with Gasteiger partial charge in [0.15, 0.2) is 0 Å². The normalized spacial score (nSPS) is 26.8. The minimum atomic E-state index is -0.753. The van der Waals surface area contributed by atoms with E-state index < -0.39 is 5.54 Å². The van der Waals surface area contributed by atoms with Gasteiger partial charge in [-0.1, -0.05) is 27.2 Å². The van der Waals surface area contributed by atoms with Gasteiger partial charge in [0.1, 0.15) is 11.6 Å². The zero-order valence-corrected chi connectivity index (χ0v) is 13.2. The molecule has 1 aliphatic rings. The van der Waals surface area contributed by atoms with Gasteiger partial charge in [-0.25, -0.2) is 0 Å². The topological polar surface area (TPSA) is 58.6 Å². The maximum Gasteiger partial charge on any atom is 0.246 e. The zero-order valence-electron chi connectivity index (χ0n) is 13.2. The molecule has 0 radical (unpaired) electrons. The van der Waals surface area contributed by atoms with Crippen molar-refractivity contribution in [2.24, 2.45) is 0 Å². The fourth-order valence-corrected chi connectivity index (χ4v) is 2.52. The predicted octanol–water partition coefficient (Wildman–Crippen LogP) is 1.71. The Morgan fingerprint density at radius 3 is 2.45 bits per heavy atom. The molecule has 1 heterocycles. The van der Waals surface area contributed by atoms with E-state index in [0.717, 1.165) is 12.8 Å². The summed E-state index contributed by atoms with van der Waals surface area (Å²) in [5.74, 6) is -0.0237. The van der Waals surface area contributed by atoms with Crippen LogP contribution in [0.4, 0.5) is 0 Å². The molecular formula is C15H28N2O3. The molecule has 5 heteroatoms. The van der Waals surface area contributed by atoms with Crippen molar-refractivity contribution in [2.75, 3.05) is 19.8 Å². The van der Waals surface area contributed by atoms with Crippen molar-refractivity contribution in [3.8, 4) is 0 Å². The van der Waals surface area contributed by atoms with E-state index in [-0.39, 0.29) is 17.9 Å². The fraction of sp³-hybridized carbons (Fsp3) is 0.867. The maximum atomic E-state index is 12.6. The van der Waals surface area contributed by atoms with Gasteiger partial charge in [-0.3, -0.25) is 9.59 Å². The van der Waals surface area contributed by atoms with Crippen molar-refractivity contribution in [3.63, 3.8) is 0 Å². The van der Waals surface area contributed by atoms with Gasteiger partial charge in [0, 0.05) is 13.2 Å². The lowest BCUT2D eigenvalue weighted by Gasteiger charge is -2.46. The summed E-state index contributed by atoms with van der Waals surface area (Å²) in [6.45, 7) is 9.50. The Bertz CT molecular complexity index is 346. The second-order valence-electron chi connectivity index (χ2n) is 5.54. The third kappa shape index (κ3) is 3.51. The Kier molecular flexibility index (Phi) is 6.46. The van der Waals surface area contributed by atoms with E-state index in [2.05, 4.69) is 5.32 Å². The molecule has 20 heavy (non-hydrogen) atoms. The predicted molar refractivity (Wildman–Crippen MR) is 78.4 cm³/mol. The average molecular weight is 284 g/mol. The summed E-state index contributed by atoms with van der Waals surface area (Å²) in [4.78, 5) is 26.6. The average Bonchev–Trinajstić information content (AvgIpc) is 2.44. The molecule has 116 valence electrons. The molecule has 0 aromatic carbocycles. The molecule has 0 bridgehead atoms. The molecule has 0 aromatic heterocycles. The molecule has 0 aliphatic carbocycles. The van der Waals surface area contributed by atoms with Crippen molar-refractivity contribution in [1.29, 1.82) is 0 Å². The number of carbonyl (C=O) groups excluding carboxylic acids is 2. The largest absolute Gasteiger partial charge is 0.380 e. The maximum absolute atomic E-state index is 12.6. The molecule has 1 saturated heterocycles. The van der Waals surface area contributed by atoms with Crippen LogP contribution in [0.25, 0.3) is 0 Å². The van der Waals surface area contributed by atoms with E-state index in [1.54, 1.807) is 4.90 Å². The zero-order chi connectivity index (χ0) is 15.2. The van der Waals surface area contributed by atoms with Crippen LogP contribution in [0.3, 0.4) is 0 Å². The van der Waals surface area contributed by atoms with E-state index >= 15 is 0 Å². The van der Waals surface area contributed by atoms with E-state index in [4.69, 9.17) is 4.74 Å². The van der Waals surface area contributed by atoms with Crippen LogP contribution in [0.15, 0.2) is 0 Å². The molecule has 2 amide bonds. The van der Waals surface area contributed by atoms with Crippen LogP contribution in [0.1, 0.15) is 53.4 Å². The van der Waals surface area contributed by atoms with Crippen LogP contribution < -0.4 is 5.32 Å². The highest BCUT2D eigenvalue weighted by Gasteiger charge is 2.47. The standard InChI is InChI=1S/C15H28N2O3/c1-5-8-12-13(18)17(9-11-20-10-6-2)15(4,7-3)14(19)16-12/h12H,5-11H2,1-4H3,(H,16,19). The van der Waals surface area contributed by atoms with Crippen LogP contribution in [0, 0.1) is 0 Å². The number of hydrogen-bond acceptors (Lipinski definition) is 3. The van der Waals surface area contributed by atoms with Crippen molar-refractivity contribution in [3.05, 3.63) is 0 Å². The van der Waals surface area contributed by atoms with Crippen LogP contribution >= 0.6 is 0 Å². The quantitative estimate of drug-likeness (QED) is 0.690. The summed E-state index contributed by atoms with van der Waals surface area (Å²) < 4.78 is 5.48. The van der Waals surface area contributed by atoms with Gasteiger partial charge < -0.3 is 15.0 Å². The van der Waals surface area contributed by atoms with Gasteiger partial charge in [0.2, 0.25) is 11.8 Å². The van der Waals surface area contributed by atoms with E-state index in [9.17, 15) is 9.59 Å². The molecular weight excluding hydrogens is 256 g/mol. The van der Waals surface area contributed by atoms with E-state index in [1.165, 1.54) is 0 Å². The SMILES string of the molecule is CCCOCCN1C(=O)C(CCC)NC(=O)C1(C)CC.